The molecule has 0 aromatic heterocycles. The van der Waals surface area contributed by atoms with Gasteiger partial charge < -0.3 is 10.4 Å². The molecule has 1 atom stereocenters. The van der Waals surface area contributed by atoms with Crippen LogP contribution in [0.1, 0.15) is 30.6 Å². The molecule has 0 heterocycles. The standard InChI is InChI=1S/C12H16INO2/c1-3-12(2,8-15)14-11(16)9-5-4-6-10(13)7-9/h4-7,15H,3,8H2,1-2H3,(H,14,16). The summed E-state index contributed by atoms with van der Waals surface area (Å²) in [5.41, 5.74) is 0.0817. The summed E-state index contributed by atoms with van der Waals surface area (Å²) in [6.07, 6.45) is 0.694. The summed E-state index contributed by atoms with van der Waals surface area (Å²) < 4.78 is 1.02. The van der Waals surface area contributed by atoms with E-state index in [9.17, 15) is 9.90 Å². The fourth-order valence-corrected chi connectivity index (χ4v) is 1.76. The molecule has 1 rings (SSSR count). The zero-order chi connectivity index (χ0) is 12.2. The minimum Gasteiger partial charge on any atom is -0.394 e. The summed E-state index contributed by atoms with van der Waals surface area (Å²) in [5.74, 6) is -0.142. The van der Waals surface area contributed by atoms with Gasteiger partial charge in [0.05, 0.1) is 12.1 Å². The SMILES string of the molecule is CCC(C)(CO)NC(=O)c1cccc(I)c1. The maximum absolute atomic E-state index is 11.9. The lowest BCUT2D eigenvalue weighted by Crippen LogP contribution is -2.48. The van der Waals surface area contributed by atoms with E-state index in [-0.39, 0.29) is 12.5 Å². The van der Waals surface area contributed by atoms with Gasteiger partial charge in [-0.25, -0.2) is 0 Å². The van der Waals surface area contributed by atoms with Crippen LogP contribution in [0.25, 0.3) is 0 Å². The van der Waals surface area contributed by atoms with Crippen LogP contribution >= 0.6 is 22.6 Å². The van der Waals surface area contributed by atoms with Crippen LogP contribution < -0.4 is 5.32 Å². The second-order valence-corrected chi connectivity index (χ2v) is 5.28. The maximum atomic E-state index is 11.9. The third-order valence-corrected chi connectivity index (χ3v) is 3.30. The van der Waals surface area contributed by atoms with Gasteiger partial charge in [-0.15, -0.1) is 0 Å². The molecule has 0 saturated heterocycles. The van der Waals surface area contributed by atoms with Gasteiger partial charge in [-0.05, 0) is 54.1 Å². The van der Waals surface area contributed by atoms with Crippen molar-refractivity contribution in [3.63, 3.8) is 0 Å². The molecule has 16 heavy (non-hydrogen) atoms. The van der Waals surface area contributed by atoms with Crippen LogP contribution in [-0.2, 0) is 0 Å². The van der Waals surface area contributed by atoms with Crippen molar-refractivity contribution in [3.8, 4) is 0 Å². The van der Waals surface area contributed by atoms with Crippen LogP contribution in [0.5, 0.6) is 0 Å². The zero-order valence-corrected chi connectivity index (χ0v) is 11.6. The molecule has 3 nitrogen and oxygen atoms in total. The summed E-state index contributed by atoms with van der Waals surface area (Å²) in [5, 5.41) is 12.1. The minimum absolute atomic E-state index is 0.0564. The first-order valence-corrected chi connectivity index (χ1v) is 6.27. The number of aliphatic hydroxyl groups excluding tert-OH is 1. The summed E-state index contributed by atoms with van der Waals surface area (Å²) in [6.45, 7) is 3.71. The Morgan fingerprint density at radius 2 is 2.25 bits per heavy atom. The van der Waals surface area contributed by atoms with Gasteiger partial charge in [-0.2, -0.15) is 0 Å². The lowest BCUT2D eigenvalue weighted by Gasteiger charge is -2.27. The average Bonchev–Trinajstić information content (AvgIpc) is 2.29. The quantitative estimate of drug-likeness (QED) is 0.830. The van der Waals surface area contributed by atoms with Crippen molar-refractivity contribution in [2.75, 3.05) is 6.61 Å². The highest BCUT2D eigenvalue weighted by Gasteiger charge is 2.23. The fourth-order valence-electron chi connectivity index (χ4n) is 1.22. The third-order valence-electron chi connectivity index (χ3n) is 2.63. The number of amides is 1. The molecule has 0 fully saturated rings. The van der Waals surface area contributed by atoms with Gasteiger partial charge in [0.15, 0.2) is 0 Å². The number of rotatable bonds is 4. The Labute approximate surface area is 109 Å². The first kappa shape index (κ1) is 13.4. The van der Waals surface area contributed by atoms with E-state index in [0.29, 0.717) is 12.0 Å². The average molecular weight is 333 g/mol. The highest BCUT2D eigenvalue weighted by molar-refractivity contribution is 14.1. The molecule has 0 radical (unpaired) electrons. The summed E-state index contributed by atoms with van der Waals surface area (Å²) in [4.78, 5) is 11.9. The van der Waals surface area contributed by atoms with E-state index in [1.807, 2.05) is 32.0 Å². The molecule has 0 aliphatic heterocycles. The number of carbonyl (C=O) groups is 1. The molecule has 88 valence electrons. The van der Waals surface area contributed by atoms with Gasteiger partial charge in [-0.3, -0.25) is 4.79 Å². The minimum atomic E-state index is -0.543. The highest BCUT2D eigenvalue weighted by Crippen LogP contribution is 2.12. The molecule has 0 bridgehead atoms. The van der Waals surface area contributed by atoms with E-state index in [1.54, 1.807) is 6.07 Å². The number of hydrogen-bond acceptors (Lipinski definition) is 2. The van der Waals surface area contributed by atoms with Crippen LogP contribution in [0.4, 0.5) is 0 Å². The smallest absolute Gasteiger partial charge is 0.251 e. The predicted molar refractivity (Wildman–Crippen MR) is 72.4 cm³/mol. The number of hydrogen-bond donors (Lipinski definition) is 2. The Morgan fingerprint density at radius 1 is 1.56 bits per heavy atom. The van der Waals surface area contributed by atoms with Crippen LogP contribution in [0.15, 0.2) is 24.3 Å². The van der Waals surface area contributed by atoms with Crippen molar-refractivity contribution >= 4 is 28.5 Å². The van der Waals surface area contributed by atoms with E-state index in [0.717, 1.165) is 3.57 Å². The molecule has 0 aliphatic rings. The highest BCUT2D eigenvalue weighted by atomic mass is 127. The van der Waals surface area contributed by atoms with Crippen molar-refractivity contribution < 1.29 is 9.90 Å². The maximum Gasteiger partial charge on any atom is 0.251 e. The molecule has 1 unspecified atom stereocenters. The zero-order valence-electron chi connectivity index (χ0n) is 9.46. The Kier molecular flexibility index (Phi) is 4.73. The van der Waals surface area contributed by atoms with Crippen molar-refractivity contribution in [2.24, 2.45) is 0 Å². The molecular formula is C12H16INO2. The Morgan fingerprint density at radius 3 is 2.75 bits per heavy atom. The van der Waals surface area contributed by atoms with Crippen molar-refractivity contribution in [1.29, 1.82) is 0 Å². The summed E-state index contributed by atoms with van der Waals surface area (Å²) in [7, 11) is 0. The monoisotopic (exact) mass is 333 g/mol. The van der Waals surface area contributed by atoms with Gasteiger partial charge in [0.25, 0.3) is 5.91 Å². The van der Waals surface area contributed by atoms with Crippen molar-refractivity contribution in [1.82, 2.24) is 5.32 Å². The molecule has 0 aliphatic carbocycles. The topological polar surface area (TPSA) is 49.3 Å². The number of aliphatic hydroxyl groups is 1. The number of benzene rings is 1. The molecule has 0 saturated carbocycles. The van der Waals surface area contributed by atoms with E-state index in [1.165, 1.54) is 0 Å². The van der Waals surface area contributed by atoms with Crippen LogP contribution in [0.2, 0.25) is 0 Å². The Bertz CT molecular complexity index is 375. The lowest BCUT2D eigenvalue weighted by atomic mass is 9.99. The van der Waals surface area contributed by atoms with Gasteiger partial charge in [0, 0.05) is 9.13 Å². The Hall–Kier alpha value is -0.620. The molecule has 4 heteroatoms. The lowest BCUT2D eigenvalue weighted by molar-refractivity contribution is 0.0847. The first-order valence-electron chi connectivity index (χ1n) is 5.19. The summed E-state index contributed by atoms with van der Waals surface area (Å²) >= 11 is 2.17. The van der Waals surface area contributed by atoms with Crippen molar-refractivity contribution in [2.45, 2.75) is 25.8 Å². The van der Waals surface area contributed by atoms with Gasteiger partial charge in [0.1, 0.15) is 0 Å². The molecule has 1 aromatic rings. The van der Waals surface area contributed by atoms with Gasteiger partial charge in [-0.1, -0.05) is 13.0 Å². The first-order chi connectivity index (χ1) is 7.50. The number of halogens is 1. The number of carbonyl (C=O) groups excluding carboxylic acids is 1. The van der Waals surface area contributed by atoms with Crippen LogP contribution in [0, 0.1) is 3.57 Å². The largest absolute Gasteiger partial charge is 0.394 e. The molecular weight excluding hydrogens is 317 g/mol. The van der Waals surface area contributed by atoms with E-state index in [2.05, 4.69) is 27.9 Å². The van der Waals surface area contributed by atoms with E-state index in [4.69, 9.17) is 0 Å². The molecule has 1 amide bonds. The third kappa shape index (κ3) is 3.45. The van der Waals surface area contributed by atoms with Crippen LogP contribution in [0.3, 0.4) is 0 Å². The second-order valence-electron chi connectivity index (χ2n) is 4.04. The molecule has 0 spiro atoms. The normalized spacial score (nSPS) is 14.2. The second kappa shape index (κ2) is 5.63. The molecule has 1 aromatic carbocycles. The fraction of sp³-hybridized carbons (Fsp3) is 0.417. The van der Waals surface area contributed by atoms with Crippen LogP contribution in [-0.4, -0.2) is 23.2 Å². The Balaban J connectivity index is 2.80. The van der Waals surface area contributed by atoms with Crippen molar-refractivity contribution in [3.05, 3.63) is 33.4 Å². The van der Waals surface area contributed by atoms with E-state index >= 15 is 0 Å². The molecule has 2 N–H and O–H groups in total. The van der Waals surface area contributed by atoms with Gasteiger partial charge in [0.2, 0.25) is 0 Å². The van der Waals surface area contributed by atoms with E-state index < -0.39 is 5.54 Å². The summed E-state index contributed by atoms with van der Waals surface area (Å²) in [6, 6.07) is 7.37. The predicted octanol–water partition coefficient (Wildman–Crippen LogP) is 2.18. The number of nitrogens with one attached hydrogen (secondary N) is 1. The van der Waals surface area contributed by atoms with Gasteiger partial charge >= 0.3 is 0 Å².